The molecule has 2 N–H and O–H groups in total. The van der Waals surface area contributed by atoms with Crippen LogP contribution < -0.4 is 5.73 Å². The van der Waals surface area contributed by atoms with E-state index >= 15 is 0 Å². The number of fused-ring (bicyclic) bond motifs is 1. The highest BCUT2D eigenvalue weighted by Gasteiger charge is 2.48. The number of nitrogens with two attached hydrogens (primary N) is 1. The summed E-state index contributed by atoms with van der Waals surface area (Å²) in [5.74, 6) is 0. The van der Waals surface area contributed by atoms with E-state index in [4.69, 9.17) is 29.6 Å². The number of nitriles is 1. The standard InChI is InChI=1S/C21H19ClF3N5S/c1-19(2,3)20(10-26,11-30-28-16-7-5-13(22)9-17(16)29-30)15-8-12(21(23,24)25)4-6-14(15)18(27)31/h4-9H,11H2,1-3H3,(H2,27,31). The third-order valence-corrected chi connectivity index (χ3v) is 5.76. The number of nitrogens with zero attached hydrogens (tertiary/aromatic N) is 4. The van der Waals surface area contributed by atoms with Gasteiger partial charge in [-0.25, -0.2) is 0 Å². The van der Waals surface area contributed by atoms with Gasteiger partial charge in [-0.1, -0.05) is 50.7 Å². The first kappa shape index (κ1) is 23.0. The molecule has 0 aliphatic carbocycles. The zero-order valence-electron chi connectivity index (χ0n) is 17.0. The number of hydrogen-bond acceptors (Lipinski definition) is 4. The second kappa shape index (κ2) is 7.77. The molecule has 0 spiro atoms. The Balaban J connectivity index is 2.28. The van der Waals surface area contributed by atoms with Gasteiger partial charge in [-0.15, -0.1) is 0 Å². The largest absolute Gasteiger partial charge is 0.416 e. The van der Waals surface area contributed by atoms with Crippen LogP contribution in [0, 0.1) is 16.7 Å². The van der Waals surface area contributed by atoms with Crippen LogP contribution in [-0.2, 0) is 18.1 Å². The number of rotatable bonds is 4. The Labute approximate surface area is 187 Å². The quantitative estimate of drug-likeness (QED) is 0.532. The van der Waals surface area contributed by atoms with E-state index in [1.807, 2.05) is 0 Å². The number of aromatic nitrogens is 3. The second-order valence-electron chi connectivity index (χ2n) is 8.25. The molecule has 31 heavy (non-hydrogen) atoms. The monoisotopic (exact) mass is 465 g/mol. The predicted octanol–water partition coefficient (Wildman–Crippen LogP) is 5.25. The van der Waals surface area contributed by atoms with Crippen molar-refractivity contribution < 1.29 is 13.2 Å². The van der Waals surface area contributed by atoms with Gasteiger partial charge in [-0.3, -0.25) is 0 Å². The van der Waals surface area contributed by atoms with Gasteiger partial charge >= 0.3 is 6.18 Å². The average molecular weight is 466 g/mol. The Bertz CT molecular complexity index is 1210. The third kappa shape index (κ3) is 4.23. The molecule has 2 aromatic carbocycles. The summed E-state index contributed by atoms with van der Waals surface area (Å²) in [5.41, 5.74) is 3.97. The summed E-state index contributed by atoms with van der Waals surface area (Å²) < 4.78 is 40.5. The van der Waals surface area contributed by atoms with Gasteiger partial charge in [0.2, 0.25) is 0 Å². The van der Waals surface area contributed by atoms with Crippen molar-refractivity contribution in [3.05, 3.63) is 58.1 Å². The molecule has 0 saturated heterocycles. The summed E-state index contributed by atoms with van der Waals surface area (Å²) in [4.78, 5) is 1.21. The van der Waals surface area contributed by atoms with E-state index in [1.165, 1.54) is 10.9 Å². The molecule has 10 heteroatoms. The highest BCUT2D eigenvalue weighted by atomic mass is 35.5. The molecule has 0 aliphatic rings. The van der Waals surface area contributed by atoms with Crippen LogP contribution in [0.5, 0.6) is 0 Å². The fourth-order valence-corrected chi connectivity index (χ4v) is 3.84. The van der Waals surface area contributed by atoms with Crippen molar-refractivity contribution >= 4 is 39.8 Å². The van der Waals surface area contributed by atoms with Gasteiger partial charge in [0.15, 0.2) is 0 Å². The predicted molar refractivity (Wildman–Crippen MR) is 117 cm³/mol. The molecule has 1 aromatic heterocycles. The van der Waals surface area contributed by atoms with Crippen LogP contribution in [0.4, 0.5) is 13.2 Å². The first-order valence-corrected chi connectivity index (χ1v) is 10.0. The number of hydrogen-bond donors (Lipinski definition) is 1. The fraction of sp³-hybridized carbons (Fsp3) is 0.333. The summed E-state index contributed by atoms with van der Waals surface area (Å²) in [6.45, 7) is 5.18. The van der Waals surface area contributed by atoms with E-state index in [1.54, 1.807) is 39.0 Å². The Morgan fingerprint density at radius 2 is 1.77 bits per heavy atom. The minimum Gasteiger partial charge on any atom is -0.389 e. The molecular weight excluding hydrogens is 447 g/mol. The molecule has 162 valence electrons. The molecule has 0 aliphatic heterocycles. The topological polar surface area (TPSA) is 80.5 Å². The zero-order valence-corrected chi connectivity index (χ0v) is 18.5. The molecular formula is C21H19ClF3N5S. The van der Waals surface area contributed by atoms with Crippen LogP contribution in [0.25, 0.3) is 11.0 Å². The normalized spacial score (nSPS) is 14.3. The van der Waals surface area contributed by atoms with Crippen molar-refractivity contribution in [3.63, 3.8) is 0 Å². The Morgan fingerprint density at radius 3 is 2.32 bits per heavy atom. The lowest BCUT2D eigenvalue weighted by Crippen LogP contribution is -2.44. The minimum atomic E-state index is -4.60. The van der Waals surface area contributed by atoms with Crippen LogP contribution in [0.2, 0.25) is 5.02 Å². The molecule has 0 radical (unpaired) electrons. The smallest absolute Gasteiger partial charge is 0.389 e. The summed E-state index contributed by atoms with van der Waals surface area (Å²) >= 11 is 11.1. The lowest BCUT2D eigenvalue weighted by Gasteiger charge is -2.40. The van der Waals surface area contributed by atoms with Crippen molar-refractivity contribution in [2.24, 2.45) is 11.1 Å². The Morgan fingerprint density at radius 1 is 1.13 bits per heavy atom. The maximum Gasteiger partial charge on any atom is 0.416 e. The molecule has 3 aromatic rings. The van der Waals surface area contributed by atoms with Crippen molar-refractivity contribution in [2.75, 3.05) is 0 Å². The van der Waals surface area contributed by atoms with E-state index in [9.17, 15) is 18.4 Å². The number of benzene rings is 2. The molecule has 0 amide bonds. The maximum atomic E-state index is 13.5. The molecule has 1 atom stereocenters. The van der Waals surface area contributed by atoms with Crippen molar-refractivity contribution in [1.82, 2.24) is 15.0 Å². The molecule has 0 fully saturated rings. The van der Waals surface area contributed by atoms with Gasteiger partial charge in [-0.2, -0.15) is 33.4 Å². The lowest BCUT2D eigenvalue weighted by atomic mass is 9.62. The summed E-state index contributed by atoms with van der Waals surface area (Å²) in [7, 11) is 0. The molecule has 1 unspecified atom stereocenters. The summed E-state index contributed by atoms with van der Waals surface area (Å²) in [6.07, 6.45) is -4.60. The number of alkyl halides is 3. The van der Waals surface area contributed by atoms with Crippen LogP contribution >= 0.6 is 23.8 Å². The summed E-state index contributed by atoms with van der Waals surface area (Å²) in [5, 5.41) is 19.6. The maximum absolute atomic E-state index is 13.5. The fourth-order valence-electron chi connectivity index (χ4n) is 3.49. The van der Waals surface area contributed by atoms with Crippen molar-refractivity contribution in [1.29, 1.82) is 5.26 Å². The van der Waals surface area contributed by atoms with Crippen LogP contribution in [0.1, 0.15) is 37.5 Å². The van der Waals surface area contributed by atoms with Crippen LogP contribution in [-0.4, -0.2) is 20.0 Å². The highest BCUT2D eigenvalue weighted by Crippen LogP contribution is 2.45. The van der Waals surface area contributed by atoms with Crippen LogP contribution in [0.15, 0.2) is 36.4 Å². The van der Waals surface area contributed by atoms with Gasteiger partial charge in [0.05, 0.1) is 18.2 Å². The van der Waals surface area contributed by atoms with E-state index in [-0.39, 0.29) is 22.7 Å². The molecule has 0 saturated carbocycles. The van der Waals surface area contributed by atoms with Crippen LogP contribution in [0.3, 0.4) is 0 Å². The average Bonchev–Trinajstić information content (AvgIpc) is 3.05. The number of thiocarbonyl (C=S) groups is 1. The Hall–Kier alpha value is -2.70. The molecule has 5 nitrogen and oxygen atoms in total. The van der Waals surface area contributed by atoms with E-state index in [0.29, 0.717) is 16.1 Å². The third-order valence-electron chi connectivity index (χ3n) is 5.31. The lowest BCUT2D eigenvalue weighted by molar-refractivity contribution is -0.137. The molecule has 1 heterocycles. The first-order chi connectivity index (χ1) is 14.3. The van der Waals surface area contributed by atoms with E-state index in [0.717, 1.165) is 12.1 Å². The Kier molecular flexibility index (Phi) is 5.76. The molecule has 3 rings (SSSR count). The zero-order chi connectivity index (χ0) is 23.2. The SMILES string of the molecule is CC(C)(C)C(C#N)(Cn1nc2ccc(Cl)cc2n1)c1cc(C(F)(F)F)ccc1C(N)=S. The number of halogens is 4. The van der Waals surface area contributed by atoms with E-state index < -0.39 is 22.6 Å². The van der Waals surface area contributed by atoms with Gasteiger partial charge in [0, 0.05) is 10.6 Å². The van der Waals surface area contributed by atoms with Gasteiger partial charge in [-0.05, 0) is 41.3 Å². The van der Waals surface area contributed by atoms with Crippen molar-refractivity contribution in [2.45, 2.75) is 38.9 Å². The van der Waals surface area contributed by atoms with Gasteiger partial charge < -0.3 is 5.73 Å². The van der Waals surface area contributed by atoms with Crippen molar-refractivity contribution in [3.8, 4) is 6.07 Å². The summed E-state index contributed by atoms with van der Waals surface area (Å²) in [6, 6.07) is 10.3. The highest BCUT2D eigenvalue weighted by molar-refractivity contribution is 7.80. The van der Waals surface area contributed by atoms with Gasteiger partial charge in [0.1, 0.15) is 21.4 Å². The molecule has 0 bridgehead atoms. The van der Waals surface area contributed by atoms with Gasteiger partial charge in [0.25, 0.3) is 0 Å². The first-order valence-electron chi connectivity index (χ1n) is 9.22. The second-order valence-corrected chi connectivity index (χ2v) is 9.13. The minimum absolute atomic E-state index is 0.0872. The van der Waals surface area contributed by atoms with E-state index in [2.05, 4.69) is 16.3 Å².